The number of ketones is 3. The molecule has 0 radical (unpaired) electrons. The van der Waals surface area contributed by atoms with Crippen LogP contribution in [-0.4, -0.2) is 85.8 Å². The summed E-state index contributed by atoms with van der Waals surface area (Å²) in [5, 5.41) is 53.1. The normalized spacial score (nSPS) is 32.4. The monoisotopic (exact) mass is 531 g/mol. The van der Waals surface area contributed by atoms with Gasteiger partial charge in [0.2, 0.25) is 0 Å². The minimum Gasteiger partial charge on any atom is -0.507 e. The maximum absolute atomic E-state index is 16.0. The SMILES string of the molecule is C[C@@H]1O[C@@H](O[C@@H]2c3c(O)c4c(c(O)c3C[C@@](O)(C(=O)CO)[C@@H]2F)C(=O)c2ccccc2C4=O)C[C@H](N)[C@@H]1O. The van der Waals surface area contributed by atoms with Gasteiger partial charge in [-0.1, -0.05) is 24.3 Å². The molecule has 0 aromatic heterocycles. The van der Waals surface area contributed by atoms with Gasteiger partial charge in [-0.2, -0.15) is 0 Å². The second-order valence-corrected chi connectivity index (χ2v) is 9.84. The van der Waals surface area contributed by atoms with Crippen molar-refractivity contribution in [1.82, 2.24) is 0 Å². The van der Waals surface area contributed by atoms with E-state index in [9.17, 15) is 39.9 Å². The molecule has 0 spiro atoms. The third-order valence-electron chi connectivity index (χ3n) is 7.59. The molecule has 1 saturated heterocycles. The molecule has 11 nitrogen and oxygen atoms in total. The number of phenolic OH excluding ortho intramolecular Hbond substituents is 2. The lowest BCUT2D eigenvalue weighted by molar-refractivity contribution is -0.258. The summed E-state index contributed by atoms with van der Waals surface area (Å²) in [5.41, 5.74) is 0.928. The molecule has 0 unspecified atom stereocenters. The molecule has 7 atom stereocenters. The molecule has 0 amide bonds. The number of Topliss-reactive ketones (excluding diaryl/α,β-unsaturated/α-hetero) is 1. The molecule has 2 aliphatic carbocycles. The molecule has 1 heterocycles. The summed E-state index contributed by atoms with van der Waals surface area (Å²) in [4.78, 5) is 39.1. The molecule has 12 heteroatoms. The van der Waals surface area contributed by atoms with Crippen molar-refractivity contribution < 1.29 is 53.8 Å². The van der Waals surface area contributed by atoms with Gasteiger partial charge in [0.1, 0.15) is 24.2 Å². The lowest BCUT2D eigenvalue weighted by Gasteiger charge is -2.44. The van der Waals surface area contributed by atoms with Crippen LogP contribution in [0.15, 0.2) is 24.3 Å². The molecule has 2 aromatic rings. The summed E-state index contributed by atoms with van der Waals surface area (Å²) < 4.78 is 27.3. The average Bonchev–Trinajstić information content (AvgIpc) is 2.89. The average molecular weight is 531 g/mol. The molecule has 1 fully saturated rings. The van der Waals surface area contributed by atoms with Crippen LogP contribution in [0.2, 0.25) is 0 Å². The number of rotatable bonds is 4. The van der Waals surface area contributed by atoms with Crippen molar-refractivity contribution in [3.8, 4) is 11.5 Å². The van der Waals surface area contributed by atoms with E-state index in [-0.39, 0.29) is 17.5 Å². The Morgan fingerprint density at radius 2 is 1.74 bits per heavy atom. The first-order valence-corrected chi connectivity index (χ1v) is 12.0. The molecule has 202 valence electrons. The Morgan fingerprint density at radius 1 is 1.16 bits per heavy atom. The second-order valence-electron chi connectivity index (χ2n) is 9.84. The van der Waals surface area contributed by atoms with Gasteiger partial charge >= 0.3 is 0 Å². The number of carbonyl (C=O) groups is 3. The third kappa shape index (κ3) is 3.67. The largest absolute Gasteiger partial charge is 0.507 e. The highest BCUT2D eigenvalue weighted by Crippen LogP contribution is 2.52. The van der Waals surface area contributed by atoms with E-state index in [2.05, 4.69) is 0 Å². The molecule has 7 N–H and O–H groups in total. The van der Waals surface area contributed by atoms with Gasteiger partial charge < -0.3 is 40.7 Å². The van der Waals surface area contributed by atoms with E-state index in [0.29, 0.717) is 0 Å². The summed E-state index contributed by atoms with van der Waals surface area (Å²) in [5.74, 6) is -4.64. The number of alkyl halides is 1. The Bertz CT molecular complexity index is 1350. The number of hydrogen-bond donors (Lipinski definition) is 6. The predicted octanol–water partition coefficient (Wildman–Crippen LogP) is -0.0593. The molecule has 2 aromatic carbocycles. The van der Waals surface area contributed by atoms with E-state index < -0.39 is 107 Å². The molecular formula is C26H26FNO10. The molecule has 1 aliphatic heterocycles. The van der Waals surface area contributed by atoms with Crippen molar-refractivity contribution in [1.29, 1.82) is 0 Å². The first-order chi connectivity index (χ1) is 17.9. The number of hydrogen-bond acceptors (Lipinski definition) is 11. The van der Waals surface area contributed by atoms with Gasteiger partial charge in [-0.25, -0.2) is 4.39 Å². The first kappa shape index (κ1) is 26.4. The molecule has 3 aliphatic rings. The van der Waals surface area contributed by atoms with Crippen molar-refractivity contribution in [3.63, 3.8) is 0 Å². The van der Waals surface area contributed by atoms with Crippen molar-refractivity contribution in [3.05, 3.63) is 57.6 Å². The van der Waals surface area contributed by atoms with Gasteiger partial charge in [0.05, 0.1) is 23.3 Å². The van der Waals surface area contributed by atoms with Crippen LogP contribution in [0.5, 0.6) is 11.5 Å². The number of fused-ring (bicyclic) bond motifs is 3. The molecular weight excluding hydrogens is 505 g/mol. The van der Waals surface area contributed by atoms with Gasteiger partial charge in [-0.05, 0) is 6.92 Å². The van der Waals surface area contributed by atoms with Crippen LogP contribution in [0.3, 0.4) is 0 Å². The van der Waals surface area contributed by atoms with Crippen LogP contribution < -0.4 is 5.73 Å². The van der Waals surface area contributed by atoms with E-state index in [1.165, 1.54) is 31.2 Å². The number of benzene rings is 2. The summed E-state index contributed by atoms with van der Waals surface area (Å²) >= 11 is 0. The van der Waals surface area contributed by atoms with Crippen LogP contribution in [0.25, 0.3) is 0 Å². The zero-order valence-corrected chi connectivity index (χ0v) is 20.1. The van der Waals surface area contributed by atoms with Crippen LogP contribution in [0.4, 0.5) is 4.39 Å². The van der Waals surface area contributed by atoms with E-state index in [4.69, 9.17) is 15.2 Å². The zero-order valence-electron chi connectivity index (χ0n) is 20.1. The molecule has 0 saturated carbocycles. The van der Waals surface area contributed by atoms with E-state index >= 15 is 4.39 Å². The maximum atomic E-state index is 16.0. The van der Waals surface area contributed by atoms with E-state index in [1.807, 2.05) is 0 Å². The Balaban J connectivity index is 1.71. The topological polar surface area (TPSA) is 197 Å². The number of carbonyl (C=O) groups excluding carboxylic acids is 3. The predicted molar refractivity (Wildman–Crippen MR) is 125 cm³/mol. The number of nitrogens with two attached hydrogens (primary N) is 1. The third-order valence-corrected chi connectivity index (χ3v) is 7.59. The van der Waals surface area contributed by atoms with E-state index in [1.54, 1.807) is 0 Å². The Hall–Kier alpha value is -3.26. The summed E-state index contributed by atoms with van der Waals surface area (Å²) in [6.45, 7) is 0.240. The van der Waals surface area contributed by atoms with Crippen LogP contribution in [0.1, 0.15) is 62.4 Å². The zero-order chi connectivity index (χ0) is 27.7. The number of aliphatic hydroxyl groups excluding tert-OH is 2. The highest BCUT2D eigenvalue weighted by atomic mass is 19.1. The highest BCUT2D eigenvalue weighted by Gasteiger charge is 2.56. The van der Waals surface area contributed by atoms with Gasteiger partial charge in [-0.15, -0.1) is 0 Å². The summed E-state index contributed by atoms with van der Waals surface area (Å²) in [6, 6.07) is 4.90. The van der Waals surface area contributed by atoms with Crippen LogP contribution >= 0.6 is 0 Å². The minimum atomic E-state index is -2.92. The van der Waals surface area contributed by atoms with Crippen molar-refractivity contribution >= 4 is 17.3 Å². The summed E-state index contributed by atoms with van der Waals surface area (Å²) in [6.07, 6.45) is -8.88. The smallest absolute Gasteiger partial charge is 0.198 e. The first-order valence-electron chi connectivity index (χ1n) is 12.0. The lowest BCUT2D eigenvalue weighted by atomic mass is 9.71. The number of ether oxygens (including phenoxy) is 2. The van der Waals surface area contributed by atoms with Gasteiger partial charge in [0.25, 0.3) is 0 Å². The minimum absolute atomic E-state index is 0.0366. The van der Waals surface area contributed by atoms with Gasteiger partial charge in [0, 0.05) is 41.1 Å². The fourth-order valence-corrected chi connectivity index (χ4v) is 5.50. The maximum Gasteiger partial charge on any atom is 0.198 e. The van der Waals surface area contributed by atoms with Gasteiger partial charge in [-0.3, -0.25) is 14.4 Å². The Morgan fingerprint density at radius 3 is 2.29 bits per heavy atom. The molecule has 0 bridgehead atoms. The number of halogens is 1. The van der Waals surface area contributed by atoms with Crippen molar-refractivity contribution in [2.45, 2.75) is 62.2 Å². The second kappa shape index (κ2) is 9.19. The highest BCUT2D eigenvalue weighted by molar-refractivity contribution is 6.30. The molecule has 38 heavy (non-hydrogen) atoms. The number of aliphatic hydroxyl groups is 3. The quantitative estimate of drug-likeness (QED) is 0.247. The standard InChI is InChI=1S/C26H26FNO10/c1-9-19(31)13(28)6-15(37-9)38-24-16-12(7-26(36,25(24)27)14(30)8-29)22(34)17-18(23(16)35)21(33)11-5-3-2-4-10(11)20(17)32/h2-5,9,13,15,19,24-25,29,31,34-36H,6-8,28H2,1H3/t9-,13-,15-,19+,24+,25+,26+/m0/s1. The Kier molecular flexibility index (Phi) is 6.37. The number of aromatic hydroxyl groups is 2. The number of phenols is 2. The lowest BCUT2D eigenvalue weighted by Crippen LogP contribution is -2.57. The van der Waals surface area contributed by atoms with E-state index in [0.717, 1.165) is 0 Å². The van der Waals surface area contributed by atoms with Gasteiger partial charge in [0.15, 0.2) is 35.4 Å². The fourth-order valence-electron chi connectivity index (χ4n) is 5.50. The summed E-state index contributed by atoms with van der Waals surface area (Å²) in [7, 11) is 0. The van der Waals surface area contributed by atoms with Crippen LogP contribution in [0, 0.1) is 0 Å². The van der Waals surface area contributed by atoms with Crippen molar-refractivity contribution in [2.75, 3.05) is 6.61 Å². The van der Waals surface area contributed by atoms with Crippen LogP contribution in [-0.2, 0) is 20.7 Å². The molecule has 5 rings (SSSR count). The Labute approximate surface area is 215 Å². The van der Waals surface area contributed by atoms with Crippen molar-refractivity contribution in [2.24, 2.45) is 5.73 Å². The fraction of sp³-hybridized carbons (Fsp3) is 0.423.